The van der Waals surface area contributed by atoms with Crippen LogP contribution in [0.3, 0.4) is 0 Å². The van der Waals surface area contributed by atoms with Gasteiger partial charge in [0.25, 0.3) is 0 Å². The molecular formula is C15H22O4. The maximum absolute atomic E-state index is 11.9. The average Bonchev–Trinajstić information content (AvgIpc) is 3.18. The zero-order chi connectivity index (χ0) is 13.4. The summed E-state index contributed by atoms with van der Waals surface area (Å²) < 4.78 is 17.4. The minimum Gasteiger partial charge on any atom is -0.459 e. The fraction of sp³-hybridized carbons (Fsp3) is 0.933. The molecule has 4 fully saturated rings. The van der Waals surface area contributed by atoms with Crippen LogP contribution in [-0.4, -0.2) is 35.5 Å². The van der Waals surface area contributed by atoms with Crippen molar-refractivity contribution < 1.29 is 19.0 Å². The quantitative estimate of drug-likeness (QED) is 0.497. The highest BCUT2D eigenvalue weighted by atomic mass is 16.6. The lowest BCUT2D eigenvalue weighted by Crippen LogP contribution is -2.31. The largest absolute Gasteiger partial charge is 0.459 e. The van der Waals surface area contributed by atoms with Crippen LogP contribution in [0, 0.1) is 11.8 Å². The number of ether oxygens (including phenoxy) is 3. The number of hydrogen-bond acceptors (Lipinski definition) is 4. The van der Waals surface area contributed by atoms with Crippen molar-refractivity contribution in [3.63, 3.8) is 0 Å². The summed E-state index contributed by atoms with van der Waals surface area (Å²) in [6, 6.07) is 0. The molecule has 3 saturated heterocycles. The molecule has 3 heterocycles. The number of carbonyl (C=O) groups is 1. The number of fused-ring (bicyclic) bond motifs is 4. The van der Waals surface area contributed by atoms with E-state index >= 15 is 0 Å². The van der Waals surface area contributed by atoms with Crippen LogP contribution in [0.2, 0.25) is 0 Å². The van der Waals surface area contributed by atoms with Crippen molar-refractivity contribution in [3.8, 4) is 0 Å². The van der Waals surface area contributed by atoms with Gasteiger partial charge in [-0.1, -0.05) is 6.92 Å². The number of hydrogen-bond donors (Lipinski definition) is 0. The molecule has 0 radical (unpaired) electrons. The molecule has 1 aliphatic carbocycles. The van der Waals surface area contributed by atoms with E-state index in [2.05, 4.69) is 13.8 Å². The van der Waals surface area contributed by atoms with Gasteiger partial charge in [0, 0.05) is 5.92 Å². The smallest absolute Gasteiger partial charge is 0.309 e. The zero-order valence-electron chi connectivity index (χ0n) is 11.8. The Bertz CT molecular complexity index is 436. The predicted molar refractivity (Wildman–Crippen MR) is 67.6 cm³/mol. The maximum Gasteiger partial charge on any atom is 0.309 e. The molecule has 0 spiro atoms. The second-order valence-electron chi connectivity index (χ2n) is 7.20. The van der Waals surface area contributed by atoms with E-state index in [0.29, 0.717) is 12.0 Å². The average molecular weight is 266 g/mol. The molecule has 4 nitrogen and oxygen atoms in total. The first-order valence-corrected chi connectivity index (χ1v) is 7.49. The van der Waals surface area contributed by atoms with Crippen molar-refractivity contribution in [2.75, 3.05) is 0 Å². The molecule has 1 unspecified atom stereocenters. The van der Waals surface area contributed by atoms with Crippen LogP contribution in [0.1, 0.15) is 46.5 Å². The van der Waals surface area contributed by atoms with Gasteiger partial charge in [0.15, 0.2) is 0 Å². The van der Waals surface area contributed by atoms with Gasteiger partial charge in [-0.3, -0.25) is 4.79 Å². The minimum atomic E-state index is -0.0997. The Balaban J connectivity index is 1.60. The van der Waals surface area contributed by atoms with Crippen LogP contribution in [0.4, 0.5) is 0 Å². The first kappa shape index (κ1) is 12.2. The summed E-state index contributed by atoms with van der Waals surface area (Å²) in [5.74, 6) is 0.239. The molecule has 0 amide bonds. The Morgan fingerprint density at radius 1 is 1.11 bits per heavy atom. The van der Waals surface area contributed by atoms with Gasteiger partial charge in [0.05, 0.1) is 23.2 Å². The van der Waals surface area contributed by atoms with E-state index in [0.717, 1.165) is 25.7 Å². The van der Waals surface area contributed by atoms with Crippen molar-refractivity contribution in [2.24, 2.45) is 11.8 Å². The number of esters is 1. The summed E-state index contributed by atoms with van der Waals surface area (Å²) in [5.41, 5.74) is -0.0640. The lowest BCUT2D eigenvalue weighted by molar-refractivity contribution is -0.144. The van der Waals surface area contributed by atoms with E-state index in [-0.39, 0.29) is 35.3 Å². The predicted octanol–water partition coefficient (Wildman–Crippen LogP) is 2.05. The molecule has 0 aromatic carbocycles. The van der Waals surface area contributed by atoms with Crippen LogP contribution in [0.5, 0.6) is 0 Å². The van der Waals surface area contributed by atoms with Crippen molar-refractivity contribution in [2.45, 2.75) is 76.0 Å². The van der Waals surface area contributed by atoms with E-state index in [1.54, 1.807) is 0 Å². The van der Waals surface area contributed by atoms with Gasteiger partial charge in [-0.15, -0.1) is 0 Å². The van der Waals surface area contributed by atoms with E-state index in [9.17, 15) is 4.79 Å². The third-order valence-corrected chi connectivity index (χ3v) is 5.84. The monoisotopic (exact) mass is 266 g/mol. The fourth-order valence-electron chi connectivity index (χ4n) is 4.11. The van der Waals surface area contributed by atoms with Crippen LogP contribution < -0.4 is 0 Å². The summed E-state index contributed by atoms with van der Waals surface area (Å²) in [4.78, 5) is 11.9. The summed E-state index contributed by atoms with van der Waals surface area (Å²) in [6.45, 7) is 6.34. The molecule has 106 valence electrons. The molecule has 4 heteroatoms. The highest BCUT2D eigenvalue weighted by Crippen LogP contribution is 2.54. The van der Waals surface area contributed by atoms with Gasteiger partial charge in [0.1, 0.15) is 12.2 Å². The molecular weight excluding hydrogens is 244 g/mol. The molecule has 1 saturated carbocycles. The van der Waals surface area contributed by atoms with Gasteiger partial charge in [0.2, 0.25) is 0 Å². The van der Waals surface area contributed by atoms with Crippen molar-refractivity contribution in [1.82, 2.24) is 0 Å². The van der Waals surface area contributed by atoms with Gasteiger partial charge < -0.3 is 14.2 Å². The Morgan fingerprint density at radius 2 is 1.84 bits per heavy atom. The Kier molecular flexibility index (Phi) is 2.26. The summed E-state index contributed by atoms with van der Waals surface area (Å²) >= 11 is 0. The van der Waals surface area contributed by atoms with Crippen LogP contribution >= 0.6 is 0 Å². The van der Waals surface area contributed by atoms with E-state index in [1.807, 2.05) is 6.92 Å². The second-order valence-corrected chi connectivity index (χ2v) is 7.20. The van der Waals surface area contributed by atoms with Crippen molar-refractivity contribution in [3.05, 3.63) is 0 Å². The topological polar surface area (TPSA) is 51.4 Å². The third-order valence-electron chi connectivity index (χ3n) is 5.84. The van der Waals surface area contributed by atoms with E-state index in [4.69, 9.17) is 14.2 Å². The molecule has 19 heavy (non-hydrogen) atoms. The molecule has 4 aliphatic rings. The standard InChI is InChI=1S/C15H22O4/c1-8-9-4-6-14(2)10(18-14)5-7-15(3)12(19-15)11(9)17-13(8)16/h8-12H,4-7H2,1-3H3/t8-,9?,10+,11-,12+,14+,15+/m0/s1. The van der Waals surface area contributed by atoms with Gasteiger partial charge >= 0.3 is 5.97 Å². The van der Waals surface area contributed by atoms with E-state index < -0.39 is 0 Å². The van der Waals surface area contributed by atoms with Gasteiger partial charge in [-0.05, 0) is 39.5 Å². The number of carbonyl (C=O) groups excluding carboxylic acids is 1. The van der Waals surface area contributed by atoms with E-state index in [1.165, 1.54) is 0 Å². The molecule has 0 aromatic rings. The summed E-state index contributed by atoms with van der Waals surface area (Å²) in [5, 5.41) is 0. The lowest BCUT2D eigenvalue weighted by Gasteiger charge is -2.21. The third kappa shape index (κ3) is 1.69. The van der Waals surface area contributed by atoms with Crippen LogP contribution in [-0.2, 0) is 19.0 Å². The maximum atomic E-state index is 11.9. The van der Waals surface area contributed by atoms with Crippen LogP contribution in [0.25, 0.3) is 0 Å². The lowest BCUT2D eigenvalue weighted by atomic mass is 9.79. The minimum absolute atomic E-state index is 0.00123. The molecule has 3 aliphatic heterocycles. The Morgan fingerprint density at radius 3 is 2.63 bits per heavy atom. The number of rotatable bonds is 0. The highest BCUT2D eigenvalue weighted by molar-refractivity contribution is 5.75. The molecule has 4 rings (SSSR count). The Hall–Kier alpha value is -0.610. The first-order valence-electron chi connectivity index (χ1n) is 7.49. The van der Waals surface area contributed by atoms with Crippen molar-refractivity contribution in [1.29, 1.82) is 0 Å². The fourth-order valence-corrected chi connectivity index (χ4v) is 4.11. The summed E-state index contributed by atoms with van der Waals surface area (Å²) in [7, 11) is 0. The Labute approximate surface area is 113 Å². The molecule has 0 N–H and O–H groups in total. The molecule has 0 aromatic heterocycles. The van der Waals surface area contributed by atoms with Crippen LogP contribution in [0.15, 0.2) is 0 Å². The molecule has 7 atom stereocenters. The second kappa shape index (κ2) is 3.53. The first-order chi connectivity index (χ1) is 8.93. The SMILES string of the molecule is C[C@@H]1C(=O)O[C@H]2C1CC[C@@]1(C)O[C@@H]1CC[C@@]1(C)O[C@H]21. The van der Waals surface area contributed by atoms with Gasteiger partial charge in [-0.2, -0.15) is 0 Å². The normalized spacial score (nSPS) is 59.5. The molecule has 0 bridgehead atoms. The zero-order valence-corrected chi connectivity index (χ0v) is 11.8. The van der Waals surface area contributed by atoms with Gasteiger partial charge in [-0.25, -0.2) is 0 Å². The summed E-state index contributed by atoms with van der Waals surface area (Å²) in [6.07, 6.45) is 4.56. The van der Waals surface area contributed by atoms with Crippen molar-refractivity contribution >= 4 is 5.97 Å². The number of epoxide rings is 2. The highest BCUT2D eigenvalue weighted by Gasteiger charge is 2.64.